The molecule has 3 rings (SSSR count). The van der Waals surface area contributed by atoms with Crippen molar-refractivity contribution in [2.75, 3.05) is 14.2 Å². The zero-order chi connectivity index (χ0) is 16.9. The first-order valence-corrected chi connectivity index (χ1v) is 7.85. The summed E-state index contributed by atoms with van der Waals surface area (Å²) < 4.78 is 10.6. The lowest BCUT2D eigenvalue weighted by molar-refractivity contribution is 0.260. The SMILES string of the molecule is COc1cccc(CN(C)Cc2nc(-c3ccc(C)cc3)no2)c1. The smallest absolute Gasteiger partial charge is 0.241 e. The van der Waals surface area contributed by atoms with Crippen molar-refractivity contribution < 1.29 is 9.26 Å². The third-order valence-corrected chi connectivity index (χ3v) is 3.77. The Morgan fingerprint density at radius 3 is 2.62 bits per heavy atom. The second kappa shape index (κ2) is 7.27. The molecule has 0 saturated carbocycles. The summed E-state index contributed by atoms with van der Waals surface area (Å²) in [7, 11) is 3.70. The zero-order valence-corrected chi connectivity index (χ0v) is 14.2. The number of aromatic nitrogens is 2. The molecular weight excluding hydrogens is 302 g/mol. The van der Waals surface area contributed by atoms with E-state index in [1.165, 1.54) is 11.1 Å². The monoisotopic (exact) mass is 323 g/mol. The molecule has 0 radical (unpaired) electrons. The van der Waals surface area contributed by atoms with Crippen LogP contribution in [0.4, 0.5) is 0 Å². The lowest BCUT2D eigenvalue weighted by atomic mass is 10.1. The van der Waals surface area contributed by atoms with Gasteiger partial charge in [-0.25, -0.2) is 0 Å². The molecule has 0 atom stereocenters. The quantitative estimate of drug-likeness (QED) is 0.692. The minimum Gasteiger partial charge on any atom is -0.497 e. The van der Waals surface area contributed by atoms with Gasteiger partial charge in [0.05, 0.1) is 13.7 Å². The number of methoxy groups -OCH3 is 1. The van der Waals surface area contributed by atoms with Crippen LogP contribution < -0.4 is 4.74 Å². The summed E-state index contributed by atoms with van der Waals surface area (Å²) in [6.45, 7) is 3.43. The fraction of sp³-hybridized carbons (Fsp3) is 0.263. The predicted octanol–water partition coefficient (Wildman–Crippen LogP) is 3.69. The average molecular weight is 323 g/mol. The van der Waals surface area contributed by atoms with Crippen molar-refractivity contribution in [2.24, 2.45) is 0 Å². The molecule has 5 nitrogen and oxygen atoms in total. The van der Waals surface area contributed by atoms with E-state index in [1.54, 1.807) is 7.11 Å². The minimum absolute atomic E-state index is 0.593. The van der Waals surface area contributed by atoms with Crippen molar-refractivity contribution in [3.8, 4) is 17.1 Å². The van der Waals surface area contributed by atoms with Crippen LogP contribution >= 0.6 is 0 Å². The fourth-order valence-electron chi connectivity index (χ4n) is 2.51. The van der Waals surface area contributed by atoms with Gasteiger partial charge in [-0.15, -0.1) is 0 Å². The van der Waals surface area contributed by atoms with E-state index in [0.717, 1.165) is 17.9 Å². The molecule has 1 aromatic heterocycles. The molecule has 1 heterocycles. The van der Waals surface area contributed by atoms with Crippen molar-refractivity contribution in [1.82, 2.24) is 15.0 Å². The second-order valence-corrected chi connectivity index (χ2v) is 5.90. The van der Waals surface area contributed by atoms with Gasteiger partial charge in [-0.3, -0.25) is 4.90 Å². The average Bonchev–Trinajstić information content (AvgIpc) is 3.04. The molecular formula is C19H21N3O2. The highest BCUT2D eigenvalue weighted by Gasteiger charge is 2.11. The van der Waals surface area contributed by atoms with E-state index in [4.69, 9.17) is 9.26 Å². The molecule has 124 valence electrons. The summed E-state index contributed by atoms with van der Waals surface area (Å²) in [5.74, 6) is 2.09. The molecule has 0 bridgehead atoms. The Morgan fingerprint density at radius 2 is 1.88 bits per heavy atom. The van der Waals surface area contributed by atoms with Gasteiger partial charge in [0, 0.05) is 12.1 Å². The first-order chi connectivity index (χ1) is 11.6. The highest BCUT2D eigenvalue weighted by molar-refractivity contribution is 5.54. The summed E-state index contributed by atoms with van der Waals surface area (Å²) in [4.78, 5) is 6.61. The maximum Gasteiger partial charge on any atom is 0.241 e. The van der Waals surface area contributed by atoms with E-state index < -0.39 is 0 Å². The van der Waals surface area contributed by atoms with Crippen LogP contribution in [0.1, 0.15) is 17.0 Å². The number of aryl methyl sites for hydroxylation is 1. The van der Waals surface area contributed by atoms with Crippen LogP contribution in [0.3, 0.4) is 0 Å². The largest absolute Gasteiger partial charge is 0.497 e. The molecule has 3 aromatic rings. The Bertz CT molecular complexity index is 796. The minimum atomic E-state index is 0.593. The maximum atomic E-state index is 5.38. The molecule has 2 aromatic carbocycles. The van der Waals surface area contributed by atoms with Gasteiger partial charge in [0.25, 0.3) is 0 Å². The number of hydrogen-bond acceptors (Lipinski definition) is 5. The number of hydrogen-bond donors (Lipinski definition) is 0. The van der Waals surface area contributed by atoms with Crippen LogP contribution in [0.5, 0.6) is 5.75 Å². The Morgan fingerprint density at radius 1 is 1.08 bits per heavy atom. The van der Waals surface area contributed by atoms with Crippen LogP contribution in [-0.4, -0.2) is 29.2 Å². The van der Waals surface area contributed by atoms with E-state index >= 15 is 0 Å². The van der Waals surface area contributed by atoms with E-state index in [9.17, 15) is 0 Å². The highest BCUT2D eigenvalue weighted by atomic mass is 16.5. The number of rotatable bonds is 6. The molecule has 0 N–H and O–H groups in total. The molecule has 24 heavy (non-hydrogen) atoms. The molecule has 0 fully saturated rings. The molecule has 0 saturated heterocycles. The summed E-state index contributed by atoms with van der Waals surface area (Å²) in [6, 6.07) is 16.1. The normalized spacial score (nSPS) is 11.0. The molecule has 5 heteroatoms. The summed E-state index contributed by atoms with van der Waals surface area (Å²) in [5.41, 5.74) is 3.35. The summed E-state index contributed by atoms with van der Waals surface area (Å²) in [5, 5.41) is 4.07. The maximum absolute atomic E-state index is 5.38. The van der Waals surface area contributed by atoms with Gasteiger partial charge < -0.3 is 9.26 Å². The summed E-state index contributed by atoms with van der Waals surface area (Å²) >= 11 is 0. The van der Waals surface area contributed by atoms with Crippen LogP contribution in [0.15, 0.2) is 53.1 Å². The first-order valence-electron chi connectivity index (χ1n) is 7.85. The highest BCUT2D eigenvalue weighted by Crippen LogP contribution is 2.18. The lowest BCUT2D eigenvalue weighted by Crippen LogP contribution is -2.17. The van der Waals surface area contributed by atoms with Crippen molar-refractivity contribution >= 4 is 0 Å². The van der Waals surface area contributed by atoms with Gasteiger partial charge in [-0.05, 0) is 31.7 Å². The topological polar surface area (TPSA) is 51.4 Å². The fourth-order valence-corrected chi connectivity index (χ4v) is 2.51. The molecule has 0 aliphatic carbocycles. The van der Waals surface area contributed by atoms with Crippen LogP contribution in [0.25, 0.3) is 11.4 Å². The molecule has 0 aliphatic rings. The first kappa shape index (κ1) is 16.2. The Kier molecular flexibility index (Phi) is 4.91. The summed E-state index contributed by atoms with van der Waals surface area (Å²) in [6.07, 6.45) is 0. The molecule has 0 spiro atoms. The third-order valence-electron chi connectivity index (χ3n) is 3.77. The number of ether oxygens (including phenoxy) is 1. The van der Waals surface area contributed by atoms with Crippen molar-refractivity contribution in [1.29, 1.82) is 0 Å². The van der Waals surface area contributed by atoms with E-state index in [1.807, 2.05) is 49.5 Å². The number of benzene rings is 2. The van der Waals surface area contributed by atoms with Crippen LogP contribution in [0.2, 0.25) is 0 Å². The standard InChI is InChI=1S/C19H21N3O2/c1-14-7-9-16(10-8-14)19-20-18(24-21-19)13-22(2)12-15-5-4-6-17(11-15)23-3/h4-11H,12-13H2,1-3H3. The van der Waals surface area contributed by atoms with Gasteiger partial charge >= 0.3 is 0 Å². The van der Waals surface area contributed by atoms with Crippen LogP contribution in [0, 0.1) is 6.92 Å². The van der Waals surface area contributed by atoms with Gasteiger partial charge in [-0.2, -0.15) is 4.98 Å². The van der Waals surface area contributed by atoms with E-state index in [-0.39, 0.29) is 0 Å². The lowest BCUT2D eigenvalue weighted by Gasteiger charge is -2.14. The van der Waals surface area contributed by atoms with Crippen molar-refractivity contribution in [3.05, 3.63) is 65.5 Å². The zero-order valence-electron chi connectivity index (χ0n) is 14.2. The molecule has 0 unspecified atom stereocenters. The van der Waals surface area contributed by atoms with Gasteiger partial charge in [-0.1, -0.05) is 47.1 Å². The Hall–Kier alpha value is -2.66. The Balaban J connectivity index is 1.64. The van der Waals surface area contributed by atoms with Crippen molar-refractivity contribution in [3.63, 3.8) is 0 Å². The third kappa shape index (κ3) is 4.00. The number of nitrogens with zero attached hydrogens (tertiary/aromatic N) is 3. The van der Waals surface area contributed by atoms with Crippen molar-refractivity contribution in [2.45, 2.75) is 20.0 Å². The predicted molar refractivity (Wildman–Crippen MR) is 92.6 cm³/mol. The van der Waals surface area contributed by atoms with Gasteiger partial charge in [0.15, 0.2) is 0 Å². The van der Waals surface area contributed by atoms with Gasteiger partial charge in [0.2, 0.25) is 11.7 Å². The van der Waals surface area contributed by atoms with E-state index in [2.05, 4.69) is 28.0 Å². The molecule has 0 aliphatic heterocycles. The van der Waals surface area contributed by atoms with Gasteiger partial charge in [0.1, 0.15) is 5.75 Å². The second-order valence-electron chi connectivity index (χ2n) is 5.90. The Labute approximate surface area is 141 Å². The van der Waals surface area contributed by atoms with Crippen LogP contribution in [-0.2, 0) is 13.1 Å². The molecule has 0 amide bonds. The van der Waals surface area contributed by atoms with E-state index in [0.29, 0.717) is 18.3 Å².